The summed E-state index contributed by atoms with van der Waals surface area (Å²) >= 11 is 0. The first kappa shape index (κ1) is 14.3. The normalized spacial score (nSPS) is 13.4. The lowest BCUT2D eigenvalue weighted by atomic mass is 9.96. The molecule has 24 heavy (non-hydrogen) atoms. The van der Waals surface area contributed by atoms with E-state index in [1.54, 1.807) is 6.07 Å². The van der Waals surface area contributed by atoms with Crippen molar-refractivity contribution in [2.75, 3.05) is 0 Å². The molecule has 2 aliphatic heterocycles. The number of nitrogens with zero attached hydrogens (tertiary/aromatic N) is 2. The summed E-state index contributed by atoms with van der Waals surface area (Å²) in [6, 6.07) is 14.1. The van der Waals surface area contributed by atoms with Crippen LogP contribution in [0.15, 0.2) is 58.3 Å². The van der Waals surface area contributed by atoms with E-state index in [0.717, 1.165) is 16.8 Å². The van der Waals surface area contributed by atoms with Crippen molar-refractivity contribution < 1.29 is 4.92 Å². The van der Waals surface area contributed by atoms with Gasteiger partial charge in [0, 0.05) is 23.4 Å². The molecule has 0 unspecified atom stereocenters. The summed E-state index contributed by atoms with van der Waals surface area (Å²) in [6.07, 6.45) is 1.34. The monoisotopic (exact) mass is 319 g/mol. The molecule has 0 atom stereocenters. The Morgan fingerprint density at radius 2 is 1.92 bits per heavy atom. The lowest BCUT2D eigenvalue weighted by molar-refractivity contribution is -0.384. The van der Waals surface area contributed by atoms with Gasteiger partial charge < -0.3 is 4.98 Å². The Bertz CT molecular complexity index is 1020. The quantitative estimate of drug-likeness (QED) is 0.579. The van der Waals surface area contributed by atoms with Crippen LogP contribution in [0.5, 0.6) is 0 Å². The molecule has 4 rings (SSSR count). The number of fused-ring (bicyclic) bond motifs is 2. The molecule has 2 heterocycles. The first-order chi connectivity index (χ1) is 11.6. The van der Waals surface area contributed by atoms with E-state index < -0.39 is 4.92 Å². The van der Waals surface area contributed by atoms with Crippen molar-refractivity contribution in [2.45, 2.75) is 12.8 Å². The van der Waals surface area contributed by atoms with E-state index in [9.17, 15) is 14.9 Å². The number of H-pyrrole nitrogens is 1. The fourth-order valence-corrected chi connectivity index (χ4v) is 3.08. The average Bonchev–Trinajstić information content (AvgIpc) is 2.73. The van der Waals surface area contributed by atoms with Crippen molar-refractivity contribution in [3.05, 3.63) is 80.1 Å². The highest BCUT2D eigenvalue weighted by Gasteiger charge is 2.23. The van der Waals surface area contributed by atoms with E-state index in [-0.39, 0.29) is 11.2 Å². The zero-order valence-electron chi connectivity index (χ0n) is 12.7. The van der Waals surface area contributed by atoms with Crippen LogP contribution in [-0.2, 0) is 6.42 Å². The summed E-state index contributed by atoms with van der Waals surface area (Å²) in [7, 11) is 0. The second-order valence-electron chi connectivity index (χ2n) is 5.70. The third-order valence-corrected chi connectivity index (χ3v) is 4.24. The van der Waals surface area contributed by atoms with Crippen molar-refractivity contribution in [3.63, 3.8) is 0 Å². The molecule has 118 valence electrons. The molecule has 0 saturated heterocycles. The minimum absolute atomic E-state index is 0.00595. The molecular formula is C18H13N3O3. The van der Waals surface area contributed by atoms with Crippen molar-refractivity contribution in [1.29, 1.82) is 0 Å². The number of benzene rings is 1. The Balaban J connectivity index is 1.88. The van der Waals surface area contributed by atoms with Crippen LogP contribution in [0.2, 0.25) is 0 Å². The Morgan fingerprint density at radius 3 is 2.75 bits per heavy atom. The van der Waals surface area contributed by atoms with Crippen molar-refractivity contribution in [1.82, 2.24) is 4.98 Å². The fourth-order valence-electron chi connectivity index (χ4n) is 3.08. The second-order valence-corrected chi connectivity index (χ2v) is 5.70. The Morgan fingerprint density at radius 1 is 1.08 bits per heavy atom. The molecule has 1 aromatic rings. The number of rotatable bonds is 2. The fraction of sp³-hybridized carbons (Fsp3) is 0.111. The lowest BCUT2D eigenvalue weighted by Crippen LogP contribution is -2.16. The van der Waals surface area contributed by atoms with Gasteiger partial charge in [-0.1, -0.05) is 30.3 Å². The smallest absolute Gasteiger partial charge is 0.271 e. The van der Waals surface area contributed by atoms with Gasteiger partial charge in [0.1, 0.15) is 0 Å². The Labute approximate surface area is 137 Å². The van der Waals surface area contributed by atoms with Gasteiger partial charge in [-0.05, 0) is 24.5 Å². The molecule has 0 saturated carbocycles. The van der Waals surface area contributed by atoms with E-state index in [1.807, 2.05) is 30.3 Å². The van der Waals surface area contributed by atoms with Crippen LogP contribution in [0.1, 0.15) is 17.5 Å². The maximum atomic E-state index is 12.4. The van der Waals surface area contributed by atoms with E-state index in [2.05, 4.69) is 9.98 Å². The maximum Gasteiger partial charge on any atom is 0.271 e. The number of nitro groups is 1. The van der Waals surface area contributed by atoms with Crippen molar-refractivity contribution in [2.24, 2.45) is 4.99 Å². The van der Waals surface area contributed by atoms with Crippen LogP contribution in [-0.4, -0.2) is 15.6 Å². The molecule has 1 aromatic carbocycles. The van der Waals surface area contributed by atoms with E-state index in [0.29, 0.717) is 29.8 Å². The van der Waals surface area contributed by atoms with E-state index in [1.165, 1.54) is 12.1 Å². The molecule has 6 nitrogen and oxygen atoms in total. The number of aromatic amines is 1. The molecule has 0 radical (unpaired) electrons. The van der Waals surface area contributed by atoms with Gasteiger partial charge in [-0.2, -0.15) is 0 Å². The van der Waals surface area contributed by atoms with Crippen LogP contribution >= 0.6 is 0 Å². The highest BCUT2D eigenvalue weighted by atomic mass is 16.6. The first-order valence-electron chi connectivity index (χ1n) is 7.60. The molecule has 0 bridgehead atoms. The van der Waals surface area contributed by atoms with Gasteiger partial charge in [0.25, 0.3) is 11.2 Å². The first-order valence-corrected chi connectivity index (χ1v) is 7.60. The third-order valence-electron chi connectivity index (χ3n) is 4.24. The van der Waals surface area contributed by atoms with Crippen LogP contribution in [0.4, 0.5) is 11.4 Å². The number of aliphatic imine (C=N–C) groups is 1. The molecule has 0 spiro atoms. The summed E-state index contributed by atoms with van der Waals surface area (Å²) in [6.45, 7) is 0. The van der Waals surface area contributed by atoms with E-state index >= 15 is 0 Å². The number of non-ortho nitro benzene ring substituents is 1. The molecule has 0 amide bonds. The second kappa shape index (κ2) is 5.42. The standard InChI is InChI=1S/C18H13N3O3/c22-18-17(13-4-2-1-3-5-14(13)20-18)15-9-7-11-6-8-12(21(23)24)10-16(11)19-15/h1-6,8,10H,7,9H2,(H,20,22). The predicted molar refractivity (Wildman–Crippen MR) is 91.3 cm³/mol. The highest BCUT2D eigenvalue weighted by Crippen LogP contribution is 2.32. The van der Waals surface area contributed by atoms with Crippen LogP contribution in [0.25, 0.3) is 11.3 Å². The third kappa shape index (κ3) is 2.28. The summed E-state index contributed by atoms with van der Waals surface area (Å²) in [4.78, 5) is 30.3. The van der Waals surface area contributed by atoms with Gasteiger partial charge in [0.2, 0.25) is 0 Å². The summed E-state index contributed by atoms with van der Waals surface area (Å²) in [5, 5.41) is 11.0. The SMILES string of the molecule is O=c1[nH]c2cccccc-2c1C1=Nc2cc([N+](=O)[O-])ccc2CC1. The van der Waals surface area contributed by atoms with Gasteiger partial charge in [-0.25, -0.2) is 0 Å². The zero-order valence-corrected chi connectivity index (χ0v) is 12.7. The minimum Gasteiger partial charge on any atom is -0.321 e. The number of nitro benzene ring substituents is 1. The summed E-state index contributed by atoms with van der Waals surface area (Å²) in [5.41, 5.74) is 4.16. The molecule has 3 aliphatic rings. The maximum absolute atomic E-state index is 12.4. The van der Waals surface area contributed by atoms with Gasteiger partial charge >= 0.3 is 0 Å². The molecule has 0 aromatic heterocycles. The van der Waals surface area contributed by atoms with Gasteiger partial charge in [0.05, 0.1) is 21.9 Å². The average molecular weight is 319 g/mol. The highest BCUT2D eigenvalue weighted by molar-refractivity contribution is 6.08. The lowest BCUT2D eigenvalue weighted by Gasteiger charge is -2.14. The molecule has 0 fully saturated rings. The van der Waals surface area contributed by atoms with Gasteiger partial charge in [0.15, 0.2) is 0 Å². The Kier molecular flexibility index (Phi) is 3.23. The molecule has 6 heteroatoms. The van der Waals surface area contributed by atoms with E-state index in [4.69, 9.17) is 0 Å². The van der Waals surface area contributed by atoms with Crippen molar-refractivity contribution in [3.8, 4) is 11.3 Å². The number of hydrogen-bond donors (Lipinski definition) is 1. The topological polar surface area (TPSA) is 88.4 Å². The zero-order chi connectivity index (χ0) is 16.7. The van der Waals surface area contributed by atoms with Crippen LogP contribution in [0, 0.1) is 10.1 Å². The number of aryl methyl sites for hydroxylation is 1. The predicted octanol–water partition coefficient (Wildman–Crippen LogP) is 3.45. The Hall–Kier alpha value is -3.28. The molecule has 1 aliphatic carbocycles. The number of aromatic nitrogens is 1. The molecular weight excluding hydrogens is 306 g/mol. The van der Waals surface area contributed by atoms with Gasteiger partial charge in [-0.3, -0.25) is 19.9 Å². The summed E-state index contributed by atoms with van der Waals surface area (Å²) < 4.78 is 0. The number of hydrogen-bond acceptors (Lipinski definition) is 4. The largest absolute Gasteiger partial charge is 0.321 e. The van der Waals surface area contributed by atoms with Crippen molar-refractivity contribution >= 4 is 17.1 Å². The molecule has 1 N–H and O–H groups in total. The van der Waals surface area contributed by atoms with Crippen LogP contribution < -0.4 is 5.56 Å². The van der Waals surface area contributed by atoms with Gasteiger partial charge in [-0.15, -0.1) is 0 Å². The summed E-state index contributed by atoms with van der Waals surface area (Å²) in [5.74, 6) is 0. The minimum atomic E-state index is -0.436. The number of nitrogens with one attached hydrogen (secondary N) is 1. The van der Waals surface area contributed by atoms with Crippen LogP contribution in [0.3, 0.4) is 0 Å².